The summed E-state index contributed by atoms with van der Waals surface area (Å²) in [4.78, 5) is 24.6. The van der Waals surface area contributed by atoms with E-state index in [-0.39, 0.29) is 29.6 Å². The second-order valence-electron chi connectivity index (χ2n) is 5.17. The number of piperazine rings is 1. The molecular formula is C13H20N4O4S. The van der Waals surface area contributed by atoms with Crippen molar-refractivity contribution in [1.82, 2.24) is 13.8 Å². The van der Waals surface area contributed by atoms with E-state index in [2.05, 4.69) is 0 Å². The fourth-order valence-corrected chi connectivity index (χ4v) is 3.96. The highest BCUT2D eigenvalue weighted by molar-refractivity contribution is 7.89. The van der Waals surface area contributed by atoms with Gasteiger partial charge in [-0.3, -0.25) is 9.59 Å². The van der Waals surface area contributed by atoms with Gasteiger partial charge in [0.2, 0.25) is 15.9 Å². The zero-order valence-electron chi connectivity index (χ0n) is 12.7. The third kappa shape index (κ3) is 3.00. The van der Waals surface area contributed by atoms with E-state index in [9.17, 15) is 18.0 Å². The minimum absolute atomic E-state index is 0.0211. The molecule has 0 saturated carbocycles. The second kappa shape index (κ2) is 6.09. The van der Waals surface area contributed by atoms with Gasteiger partial charge in [0.15, 0.2) is 0 Å². The van der Waals surface area contributed by atoms with Crippen LogP contribution in [0.2, 0.25) is 0 Å². The normalized spacial score (nSPS) is 16.7. The topological polar surface area (TPSA) is 106 Å². The van der Waals surface area contributed by atoms with Crippen molar-refractivity contribution in [2.24, 2.45) is 12.8 Å². The maximum atomic E-state index is 12.6. The van der Waals surface area contributed by atoms with Crippen LogP contribution in [0.1, 0.15) is 23.8 Å². The molecule has 0 atom stereocenters. The van der Waals surface area contributed by atoms with Crippen molar-refractivity contribution in [3.8, 4) is 0 Å². The lowest BCUT2D eigenvalue weighted by Gasteiger charge is -2.33. The molecule has 22 heavy (non-hydrogen) atoms. The highest BCUT2D eigenvalue weighted by Crippen LogP contribution is 2.20. The average molecular weight is 328 g/mol. The van der Waals surface area contributed by atoms with Gasteiger partial charge in [0.05, 0.1) is 0 Å². The number of sulfonamides is 1. The lowest BCUT2D eigenvalue weighted by atomic mass is 10.3. The molecule has 9 heteroatoms. The maximum absolute atomic E-state index is 12.6. The first-order valence-corrected chi connectivity index (χ1v) is 8.45. The molecule has 0 radical (unpaired) electrons. The molecular weight excluding hydrogens is 308 g/mol. The summed E-state index contributed by atoms with van der Waals surface area (Å²) in [6, 6.07) is 1.28. The van der Waals surface area contributed by atoms with Crippen molar-refractivity contribution < 1.29 is 18.0 Å². The molecule has 2 N–H and O–H groups in total. The lowest BCUT2D eigenvalue weighted by molar-refractivity contribution is -0.132. The largest absolute Gasteiger partial charge is 0.364 e. The summed E-state index contributed by atoms with van der Waals surface area (Å²) in [6.07, 6.45) is 1.78. The predicted molar refractivity (Wildman–Crippen MR) is 79.6 cm³/mol. The van der Waals surface area contributed by atoms with E-state index < -0.39 is 15.9 Å². The molecule has 0 aliphatic carbocycles. The molecule has 0 aromatic carbocycles. The first-order valence-electron chi connectivity index (χ1n) is 7.01. The average Bonchev–Trinajstić information content (AvgIpc) is 2.89. The van der Waals surface area contributed by atoms with Crippen molar-refractivity contribution in [3.63, 3.8) is 0 Å². The first kappa shape index (κ1) is 16.5. The Morgan fingerprint density at radius 1 is 1.23 bits per heavy atom. The third-order valence-corrected chi connectivity index (χ3v) is 5.63. The molecule has 0 spiro atoms. The van der Waals surface area contributed by atoms with Gasteiger partial charge < -0.3 is 15.2 Å². The standard InChI is InChI=1S/C13H20N4O4S/c1-3-12(18)16-4-6-17(7-5-16)22(20,21)10-8-11(13(14)19)15(2)9-10/h8-9H,3-7H2,1-2H3,(H2,14,19). The number of carbonyl (C=O) groups is 2. The molecule has 1 aliphatic heterocycles. The van der Waals surface area contributed by atoms with Gasteiger partial charge in [0.25, 0.3) is 5.91 Å². The molecule has 8 nitrogen and oxygen atoms in total. The van der Waals surface area contributed by atoms with Crippen molar-refractivity contribution >= 4 is 21.8 Å². The summed E-state index contributed by atoms with van der Waals surface area (Å²) in [5.74, 6) is -0.657. The monoisotopic (exact) mass is 328 g/mol. The van der Waals surface area contributed by atoms with Gasteiger partial charge in [-0.05, 0) is 6.07 Å². The van der Waals surface area contributed by atoms with Crippen LogP contribution in [0.4, 0.5) is 0 Å². The number of carbonyl (C=O) groups excluding carboxylic acids is 2. The first-order chi connectivity index (χ1) is 10.3. The van der Waals surface area contributed by atoms with E-state index in [4.69, 9.17) is 5.73 Å². The molecule has 2 rings (SSSR count). The van der Waals surface area contributed by atoms with Crippen molar-refractivity contribution in [1.29, 1.82) is 0 Å². The van der Waals surface area contributed by atoms with Crippen LogP contribution in [0, 0.1) is 0 Å². The van der Waals surface area contributed by atoms with E-state index in [1.165, 1.54) is 21.1 Å². The van der Waals surface area contributed by atoms with Crippen molar-refractivity contribution in [3.05, 3.63) is 18.0 Å². The quantitative estimate of drug-likeness (QED) is 0.794. The van der Waals surface area contributed by atoms with Gasteiger partial charge >= 0.3 is 0 Å². The molecule has 0 unspecified atom stereocenters. The van der Waals surface area contributed by atoms with E-state index in [1.807, 2.05) is 0 Å². The van der Waals surface area contributed by atoms with Crippen molar-refractivity contribution in [2.75, 3.05) is 26.2 Å². The van der Waals surface area contributed by atoms with Gasteiger partial charge in [-0.15, -0.1) is 0 Å². The number of primary amides is 1. The van der Waals surface area contributed by atoms with Crippen LogP contribution in [-0.2, 0) is 21.9 Å². The highest BCUT2D eigenvalue weighted by Gasteiger charge is 2.31. The Labute approximate surface area is 129 Å². The number of aryl methyl sites for hydroxylation is 1. The zero-order chi connectivity index (χ0) is 16.5. The Bertz CT molecular complexity index is 687. The number of nitrogens with zero attached hydrogens (tertiary/aromatic N) is 3. The van der Waals surface area contributed by atoms with Crippen LogP contribution in [0.25, 0.3) is 0 Å². The van der Waals surface area contributed by atoms with Gasteiger partial charge in [0, 0.05) is 45.8 Å². The van der Waals surface area contributed by atoms with Crippen molar-refractivity contribution in [2.45, 2.75) is 18.2 Å². The number of rotatable bonds is 4. The number of aromatic nitrogens is 1. The van der Waals surface area contributed by atoms with E-state index in [0.29, 0.717) is 19.5 Å². The molecule has 1 aromatic rings. The van der Waals surface area contributed by atoms with E-state index in [0.717, 1.165) is 0 Å². The van der Waals surface area contributed by atoms with Crippen LogP contribution < -0.4 is 5.73 Å². The fourth-order valence-electron chi connectivity index (χ4n) is 2.47. The van der Waals surface area contributed by atoms with Crippen LogP contribution >= 0.6 is 0 Å². The number of hydrogen-bond acceptors (Lipinski definition) is 4. The van der Waals surface area contributed by atoms with Crippen LogP contribution in [-0.4, -0.2) is 60.2 Å². The molecule has 1 aromatic heterocycles. The third-order valence-electron chi connectivity index (χ3n) is 3.76. The van der Waals surface area contributed by atoms with Gasteiger partial charge in [0.1, 0.15) is 10.6 Å². The van der Waals surface area contributed by atoms with Crippen LogP contribution in [0.3, 0.4) is 0 Å². The van der Waals surface area contributed by atoms with Gasteiger partial charge in [-0.2, -0.15) is 4.31 Å². The van der Waals surface area contributed by atoms with Gasteiger partial charge in [-0.1, -0.05) is 6.92 Å². The summed E-state index contributed by atoms with van der Waals surface area (Å²) in [6.45, 7) is 3.02. The molecule has 1 fully saturated rings. The fraction of sp³-hybridized carbons (Fsp3) is 0.538. The minimum atomic E-state index is -3.69. The maximum Gasteiger partial charge on any atom is 0.265 e. The summed E-state index contributed by atoms with van der Waals surface area (Å²) in [7, 11) is -2.12. The Morgan fingerprint density at radius 2 is 1.82 bits per heavy atom. The minimum Gasteiger partial charge on any atom is -0.364 e. The summed E-state index contributed by atoms with van der Waals surface area (Å²) < 4.78 is 27.9. The smallest absolute Gasteiger partial charge is 0.265 e. The number of nitrogens with two attached hydrogens (primary N) is 1. The van der Waals surface area contributed by atoms with Gasteiger partial charge in [-0.25, -0.2) is 8.42 Å². The summed E-state index contributed by atoms with van der Waals surface area (Å²) >= 11 is 0. The predicted octanol–water partition coefficient (Wildman–Crippen LogP) is -0.633. The highest BCUT2D eigenvalue weighted by atomic mass is 32.2. The van der Waals surface area contributed by atoms with Crippen LogP contribution in [0.5, 0.6) is 0 Å². The number of hydrogen-bond donors (Lipinski definition) is 1. The Hall–Kier alpha value is -1.87. The van der Waals surface area contributed by atoms with E-state index in [1.54, 1.807) is 18.9 Å². The molecule has 1 saturated heterocycles. The summed E-state index contributed by atoms with van der Waals surface area (Å²) in [5, 5.41) is 0. The van der Waals surface area contributed by atoms with Crippen LogP contribution in [0.15, 0.2) is 17.2 Å². The molecule has 122 valence electrons. The Morgan fingerprint density at radius 3 is 2.27 bits per heavy atom. The number of amides is 2. The van der Waals surface area contributed by atoms with E-state index >= 15 is 0 Å². The molecule has 2 amide bonds. The lowest BCUT2D eigenvalue weighted by Crippen LogP contribution is -2.50. The molecule has 1 aliphatic rings. The second-order valence-corrected chi connectivity index (χ2v) is 7.11. The SMILES string of the molecule is CCC(=O)N1CCN(S(=O)(=O)c2cc(C(N)=O)n(C)c2)CC1. The Kier molecular flexibility index (Phi) is 4.57. The molecule has 2 heterocycles. The zero-order valence-corrected chi connectivity index (χ0v) is 13.5. The summed E-state index contributed by atoms with van der Waals surface area (Å²) in [5.41, 5.74) is 5.34. The Balaban J connectivity index is 2.17. The molecule has 0 bridgehead atoms.